The maximum atomic E-state index is 13.2. The number of sulfonamides is 1. The van der Waals surface area contributed by atoms with E-state index in [0.29, 0.717) is 51.1 Å². The molecule has 0 radical (unpaired) electrons. The van der Waals surface area contributed by atoms with E-state index >= 15 is 0 Å². The standard InChI is InChI=1S/C23H35N5O6S/c1-33-20-7-6-18(14-21(20)34-2)35(31,32)26-19-5-3-4-10-28(22(19)30)15-17(29)13-16-8-11-27(12-9-16)23(24)25/h6-7,14,16,19,26H,3-5,8-13,15H2,1-2H3,(H3,24,25)/t19-/m0/s1. The van der Waals surface area contributed by atoms with E-state index in [1.807, 2.05) is 0 Å². The van der Waals surface area contributed by atoms with Crippen molar-refractivity contribution >= 4 is 27.7 Å². The lowest BCUT2D eigenvalue weighted by atomic mass is 9.91. The summed E-state index contributed by atoms with van der Waals surface area (Å²) in [6.07, 6.45) is 3.63. The molecule has 194 valence electrons. The van der Waals surface area contributed by atoms with E-state index in [0.717, 1.165) is 12.8 Å². The highest BCUT2D eigenvalue weighted by Crippen LogP contribution is 2.29. The molecule has 2 heterocycles. The number of nitrogens with one attached hydrogen (secondary N) is 2. The second-order valence-corrected chi connectivity index (χ2v) is 10.7. The molecule has 0 aromatic heterocycles. The number of amides is 1. The number of methoxy groups -OCH3 is 2. The van der Waals surface area contributed by atoms with E-state index in [1.165, 1.54) is 37.3 Å². The van der Waals surface area contributed by atoms with Crippen molar-refractivity contribution in [2.75, 3.05) is 40.4 Å². The number of nitrogens with two attached hydrogens (primary N) is 1. The van der Waals surface area contributed by atoms with Crippen LogP contribution < -0.4 is 19.9 Å². The third kappa shape index (κ3) is 6.85. The summed E-state index contributed by atoms with van der Waals surface area (Å²) in [5, 5.41) is 7.52. The number of nitrogens with zero attached hydrogens (tertiary/aromatic N) is 2. The molecule has 1 aromatic rings. The summed E-state index contributed by atoms with van der Waals surface area (Å²) in [5.41, 5.74) is 5.53. The minimum atomic E-state index is -4.00. The largest absolute Gasteiger partial charge is 0.493 e. The van der Waals surface area contributed by atoms with Crippen LogP contribution in [0.4, 0.5) is 0 Å². The van der Waals surface area contributed by atoms with Gasteiger partial charge in [-0.25, -0.2) is 8.42 Å². The van der Waals surface area contributed by atoms with Crippen LogP contribution in [0.5, 0.6) is 11.5 Å². The fourth-order valence-electron chi connectivity index (χ4n) is 4.59. The second kappa shape index (κ2) is 11.7. The molecule has 1 amide bonds. The van der Waals surface area contributed by atoms with Crippen molar-refractivity contribution in [1.29, 1.82) is 5.41 Å². The molecule has 1 aromatic carbocycles. The van der Waals surface area contributed by atoms with Crippen LogP contribution in [0, 0.1) is 11.3 Å². The van der Waals surface area contributed by atoms with E-state index in [1.54, 1.807) is 4.90 Å². The van der Waals surface area contributed by atoms with Gasteiger partial charge in [0, 0.05) is 32.1 Å². The van der Waals surface area contributed by atoms with Gasteiger partial charge in [-0.15, -0.1) is 0 Å². The molecule has 35 heavy (non-hydrogen) atoms. The Balaban J connectivity index is 1.62. The minimum absolute atomic E-state index is 0.0274. The second-order valence-electron chi connectivity index (χ2n) is 9.00. The number of carbonyl (C=O) groups excluding carboxylic acids is 2. The summed E-state index contributed by atoms with van der Waals surface area (Å²) < 4.78 is 38.9. The molecule has 11 nitrogen and oxygen atoms in total. The molecule has 0 unspecified atom stereocenters. The van der Waals surface area contributed by atoms with Crippen LogP contribution in [0.15, 0.2) is 23.1 Å². The summed E-state index contributed by atoms with van der Waals surface area (Å²) in [6, 6.07) is 3.29. The summed E-state index contributed by atoms with van der Waals surface area (Å²) in [7, 11) is -1.13. The number of carbonyl (C=O) groups is 2. The first-order valence-corrected chi connectivity index (χ1v) is 13.3. The Labute approximate surface area is 206 Å². The van der Waals surface area contributed by atoms with Gasteiger partial charge < -0.3 is 25.0 Å². The maximum absolute atomic E-state index is 13.2. The lowest BCUT2D eigenvalue weighted by Gasteiger charge is -2.32. The van der Waals surface area contributed by atoms with Crippen molar-refractivity contribution in [3.05, 3.63) is 18.2 Å². The van der Waals surface area contributed by atoms with Gasteiger partial charge in [0.25, 0.3) is 0 Å². The van der Waals surface area contributed by atoms with Crippen molar-refractivity contribution < 1.29 is 27.5 Å². The van der Waals surface area contributed by atoms with Gasteiger partial charge in [0.1, 0.15) is 6.04 Å². The van der Waals surface area contributed by atoms with Crippen molar-refractivity contribution in [3.8, 4) is 11.5 Å². The van der Waals surface area contributed by atoms with E-state index in [4.69, 9.17) is 20.6 Å². The van der Waals surface area contributed by atoms with Crippen LogP contribution in [-0.4, -0.2) is 82.3 Å². The lowest BCUT2D eigenvalue weighted by molar-refractivity contribution is -0.136. The number of guanidine groups is 1. The summed E-state index contributed by atoms with van der Waals surface area (Å²) in [5.74, 6) is 0.484. The van der Waals surface area contributed by atoms with Crippen molar-refractivity contribution in [3.63, 3.8) is 0 Å². The number of hydrogen-bond acceptors (Lipinski definition) is 7. The van der Waals surface area contributed by atoms with Crippen LogP contribution in [0.3, 0.4) is 0 Å². The Morgan fingerprint density at radius 2 is 1.80 bits per heavy atom. The first-order chi connectivity index (χ1) is 16.6. The molecule has 1 atom stereocenters. The number of benzene rings is 1. The van der Waals surface area contributed by atoms with Gasteiger partial charge in [-0.1, -0.05) is 0 Å². The summed E-state index contributed by atoms with van der Waals surface area (Å²) in [6.45, 7) is 1.69. The lowest BCUT2D eigenvalue weighted by Crippen LogP contribution is -2.49. The van der Waals surface area contributed by atoms with Crippen molar-refractivity contribution in [1.82, 2.24) is 14.5 Å². The van der Waals surface area contributed by atoms with Gasteiger partial charge in [0.05, 0.1) is 25.7 Å². The van der Waals surface area contributed by atoms with Crippen molar-refractivity contribution in [2.24, 2.45) is 11.7 Å². The Hall–Kier alpha value is -2.86. The van der Waals surface area contributed by atoms with Gasteiger partial charge >= 0.3 is 0 Å². The molecule has 12 heteroatoms. The quantitative estimate of drug-likeness (QED) is 0.328. The number of ether oxygens (including phenoxy) is 2. The van der Waals surface area contributed by atoms with Crippen LogP contribution in [0.25, 0.3) is 0 Å². The molecule has 0 bridgehead atoms. The van der Waals surface area contributed by atoms with Gasteiger partial charge in [-0.3, -0.25) is 15.0 Å². The van der Waals surface area contributed by atoms with Crippen molar-refractivity contribution in [2.45, 2.75) is 49.5 Å². The normalized spacial score (nSPS) is 19.8. The summed E-state index contributed by atoms with van der Waals surface area (Å²) in [4.78, 5) is 29.2. The van der Waals surface area contributed by atoms with E-state index in [-0.39, 0.29) is 40.8 Å². The zero-order chi connectivity index (χ0) is 25.6. The zero-order valence-corrected chi connectivity index (χ0v) is 21.1. The molecule has 2 saturated heterocycles. The predicted octanol–water partition coefficient (Wildman–Crippen LogP) is 0.928. The average Bonchev–Trinajstić information content (AvgIpc) is 2.99. The molecule has 2 aliphatic heterocycles. The van der Waals surface area contributed by atoms with Gasteiger partial charge in [0.2, 0.25) is 15.9 Å². The molecule has 0 spiro atoms. The zero-order valence-electron chi connectivity index (χ0n) is 20.3. The highest BCUT2D eigenvalue weighted by Gasteiger charge is 2.33. The molecule has 0 aliphatic carbocycles. The maximum Gasteiger partial charge on any atom is 0.241 e. The van der Waals surface area contributed by atoms with E-state index in [2.05, 4.69) is 4.72 Å². The number of rotatable bonds is 9. The fraction of sp³-hybridized carbons (Fsp3) is 0.609. The molecule has 2 aliphatic rings. The predicted molar refractivity (Wildman–Crippen MR) is 130 cm³/mol. The van der Waals surface area contributed by atoms with Gasteiger partial charge in [-0.2, -0.15) is 4.72 Å². The van der Waals surface area contributed by atoms with Crippen LogP contribution >= 0.6 is 0 Å². The molecule has 3 rings (SSSR count). The Morgan fingerprint density at radius 1 is 1.11 bits per heavy atom. The monoisotopic (exact) mass is 509 g/mol. The van der Waals surface area contributed by atoms with Crippen LogP contribution in [0.2, 0.25) is 0 Å². The first kappa shape index (κ1) is 26.7. The molecular formula is C23H35N5O6S. The van der Waals surface area contributed by atoms with E-state index < -0.39 is 16.1 Å². The molecule has 0 saturated carbocycles. The topological polar surface area (TPSA) is 155 Å². The Bertz CT molecular complexity index is 1040. The third-order valence-electron chi connectivity index (χ3n) is 6.58. The smallest absolute Gasteiger partial charge is 0.241 e. The molecule has 4 N–H and O–H groups in total. The summed E-state index contributed by atoms with van der Waals surface area (Å²) >= 11 is 0. The SMILES string of the molecule is COc1ccc(S(=O)(=O)N[C@H]2CCCCN(CC(=O)CC3CCN(C(=N)N)CC3)C2=O)cc1OC. The third-order valence-corrected chi connectivity index (χ3v) is 8.05. The van der Waals surface area contributed by atoms with Crippen LogP contribution in [0.1, 0.15) is 38.5 Å². The Kier molecular flexibility index (Phi) is 8.95. The highest BCUT2D eigenvalue weighted by atomic mass is 32.2. The fourth-order valence-corrected chi connectivity index (χ4v) is 5.83. The minimum Gasteiger partial charge on any atom is -0.493 e. The number of likely N-dealkylation sites (tertiary alicyclic amines) is 2. The molecule has 2 fully saturated rings. The number of Topliss-reactive ketones (excluding diaryl/α,β-unsaturated/α-hetero) is 1. The van der Waals surface area contributed by atoms with Gasteiger partial charge in [-0.05, 0) is 50.2 Å². The van der Waals surface area contributed by atoms with Gasteiger partial charge in [0.15, 0.2) is 23.2 Å². The molecular weight excluding hydrogens is 474 g/mol. The number of hydrogen-bond donors (Lipinski definition) is 3. The number of ketones is 1. The van der Waals surface area contributed by atoms with Crippen LogP contribution in [-0.2, 0) is 19.6 Å². The Morgan fingerprint density at radius 3 is 2.43 bits per heavy atom. The average molecular weight is 510 g/mol. The highest BCUT2D eigenvalue weighted by molar-refractivity contribution is 7.89. The number of piperidine rings is 1. The van der Waals surface area contributed by atoms with E-state index in [9.17, 15) is 18.0 Å². The first-order valence-electron chi connectivity index (χ1n) is 11.8.